The van der Waals surface area contributed by atoms with Crippen LogP contribution in [0, 0.1) is 27.7 Å². The van der Waals surface area contributed by atoms with Crippen LogP contribution in [0.3, 0.4) is 0 Å². The maximum Gasteiger partial charge on any atom is 0.121 e. The Morgan fingerprint density at radius 3 is 2.20 bits per heavy atom. The number of hydrogen-bond donors (Lipinski definition) is 1. The Hall–Kier alpha value is -1.96. The Bertz CT molecular complexity index is 617. The molecule has 0 unspecified atom stereocenters. The first kappa shape index (κ1) is 14.4. The third kappa shape index (κ3) is 3.13. The molecular weight excluding hydrogens is 246 g/mol. The van der Waals surface area contributed by atoms with E-state index in [1.807, 2.05) is 6.07 Å². The maximum atomic E-state index is 5.28. The van der Waals surface area contributed by atoms with Crippen molar-refractivity contribution in [3.8, 4) is 5.75 Å². The molecule has 0 aliphatic carbocycles. The molecule has 2 rings (SSSR count). The van der Waals surface area contributed by atoms with Crippen molar-refractivity contribution in [2.45, 2.75) is 34.2 Å². The van der Waals surface area contributed by atoms with Gasteiger partial charge in [0, 0.05) is 12.2 Å². The topological polar surface area (TPSA) is 21.3 Å². The van der Waals surface area contributed by atoms with Crippen LogP contribution in [-0.2, 0) is 6.54 Å². The summed E-state index contributed by atoms with van der Waals surface area (Å²) >= 11 is 0. The third-order valence-corrected chi connectivity index (χ3v) is 3.83. The minimum Gasteiger partial charge on any atom is -0.496 e. The van der Waals surface area contributed by atoms with Gasteiger partial charge in [-0.05, 0) is 73.7 Å². The number of benzene rings is 2. The molecular formula is C18H23NO. The molecule has 0 amide bonds. The Kier molecular flexibility index (Phi) is 4.33. The highest BCUT2D eigenvalue weighted by atomic mass is 16.5. The van der Waals surface area contributed by atoms with Crippen LogP contribution in [0.1, 0.15) is 27.8 Å². The lowest BCUT2D eigenvalue weighted by molar-refractivity contribution is 0.412. The second-order valence-electron chi connectivity index (χ2n) is 5.40. The fourth-order valence-electron chi connectivity index (χ4n) is 2.40. The van der Waals surface area contributed by atoms with E-state index in [9.17, 15) is 0 Å². The number of ether oxygens (including phenoxy) is 1. The zero-order valence-electron chi connectivity index (χ0n) is 13.0. The summed E-state index contributed by atoms with van der Waals surface area (Å²) in [6, 6.07) is 10.7. The molecule has 0 atom stereocenters. The van der Waals surface area contributed by atoms with Crippen molar-refractivity contribution < 1.29 is 4.74 Å². The van der Waals surface area contributed by atoms with Gasteiger partial charge in [-0.1, -0.05) is 12.1 Å². The van der Waals surface area contributed by atoms with Gasteiger partial charge in [0.15, 0.2) is 0 Å². The van der Waals surface area contributed by atoms with Crippen molar-refractivity contribution in [2.24, 2.45) is 0 Å². The van der Waals surface area contributed by atoms with Crippen molar-refractivity contribution in [1.29, 1.82) is 0 Å². The number of nitrogens with one attached hydrogen (secondary N) is 1. The first-order valence-corrected chi connectivity index (χ1v) is 6.96. The van der Waals surface area contributed by atoms with E-state index in [1.54, 1.807) is 7.11 Å². The standard InChI is InChI=1S/C18H23NO/c1-12-8-14(3)16(9-13(12)2)11-19-17-6-7-18(20-5)15(4)10-17/h6-10,19H,11H2,1-5H3. The Morgan fingerprint density at radius 1 is 0.850 bits per heavy atom. The van der Waals surface area contributed by atoms with E-state index in [-0.39, 0.29) is 0 Å². The molecule has 20 heavy (non-hydrogen) atoms. The number of aryl methyl sites for hydroxylation is 4. The Balaban J connectivity index is 2.13. The predicted molar refractivity (Wildman–Crippen MR) is 85.7 cm³/mol. The summed E-state index contributed by atoms with van der Waals surface area (Å²) in [6.45, 7) is 9.40. The zero-order valence-corrected chi connectivity index (χ0v) is 13.0. The molecule has 2 nitrogen and oxygen atoms in total. The van der Waals surface area contributed by atoms with Crippen LogP contribution in [0.5, 0.6) is 5.75 Å². The largest absolute Gasteiger partial charge is 0.496 e. The lowest BCUT2D eigenvalue weighted by Gasteiger charge is -2.13. The molecule has 106 valence electrons. The molecule has 0 saturated carbocycles. The van der Waals surface area contributed by atoms with Crippen LogP contribution < -0.4 is 10.1 Å². The van der Waals surface area contributed by atoms with Gasteiger partial charge >= 0.3 is 0 Å². The SMILES string of the molecule is COc1ccc(NCc2cc(C)c(C)cc2C)cc1C. The number of methoxy groups -OCH3 is 1. The lowest BCUT2D eigenvalue weighted by Crippen LogP contribution is -2.03. The highest BCUT2D eigenvalue weighted by Crippen LogP contribution is 2.22. The van der Waals surface area contributed by atoms with Gasteiger partial charge < -0.3 is 10.1 Å². The molecule has 0 heterocycles. The minimum absolute atomic E-state index is 0.846. The fraction of sp³-hybridized carbons (Fsp3) is 0.333. The molecule has 0 bridgehead atoms. The normalized spacial score (nSPS) is 10.4. The van der Waals surface area contributed by atoms with E-state index in [2.05, 4.69) is 57.3 Å². The van der Waals surface area contributed by atoms with Gasteiger partial charge in [0.1, 0.15) is 5.75 Å². The van der Waals surface area contributed by atoms with Crippen molar-refractivity contribution in [2.75, 3.05) is 12.4 Å². The Morgan fingerprint density at radius 2 is 1.55 bits per heavy atom. The molecule has 2 aromatic carbocycles. The van der Waals surface area contributed by atoms with E-state index in [1.165, 1.54) is 22.3 Å². The number of rotatable bonds is 4. The molecule has 0 spiro atoms. The van der Waals surface area contributed by atoms with Crippen LogP contribution in [-0.4, -0.2) is 7.11 Å². The molecule has 1 N–H and O–H groups in total. The summed E-state index contributed by atoms with van der Waals surface area (Å²) < 4.78 is 5.28. The van der Waals surface area contributed by atoms with Crippen LogP contribution in [0.25, 0.3) is 0 Å². The van der Waals surface area contributed by atoms with E-state index in [4.69, 9.17) is 4.74 Å². The molecule has 2 aromatic rings. The van der Waals surface area contributed by atoms with Gasteiger partial charge in [-0.25, -0.2) is 0 Å². The molecule has 0 radical (unpaired) electrons. The minimum atomic E-state index is 0.846. The highest BCUT2D eigenvalue weighted by molar-refractivity contribution is 5.51. The fourth-order valence-corrected chi connectivity index (χ4v) is 2.40. The van der Waals surface area contributed by atoms with E-state index >= 15 is 0 Å². The number of anilines is 1. The quantitative estimate of drug-likeness (QED) is 0.879. The lowest BCUT2D eigenvalue weighted by atomic mass is 10.0. The average molecular weight is 269 g/mol. The maximum absolute atomic E-state index is 5.28. The molecule has 0 aliphatic heterocycles. The van der Waals surface area contributed by atoms with Gasteiger partial charge in [-0.15, -0.1) is 0 Å². The molecule has 2 heteroatoms. The van der Waals surface area contributed by atoms with E-state index in [0.29, 0.717) is 0 Å². The second-order valence-corrected chi connectivity index (χ2v) is 5.40. The van der Waals surface area contributed by atoms with Gasteiger partial charge in [0.2, 0.25) is 0 Å². The van der Waals surface area contributed by atoms with Crippen LogP contribution in [0.15, 0.2) is 30.3 Å². The van der Waals surface area contributed by atoms with E-state index < -0.39 is 0 Å². The van der Waals surface area contributed by atoms with Gasteiger partial charge in [-0.3, -0.25) is 0 Å². The van der Waals surface area contributed by atoms with Crippen LogP contribution in [0.4, 0.5) is 5.69 Å². The summed E-state index contributed by atoms with van der Waals surface area (Å²) in [6.07, 6.45) is 0. The van der Waals surface area contributed by atoms with Crippen molar-refractivity contribution in [3.63, 3.8) is 0 Å². The molecule has 0 saturated heterocycles. The first-order valence-electron chi connectivity index (χ1n) is 6.96. The molecule has 0 aliphatic rings. The number of hydrogen-bond acceptors (Lipinski definition) is 2. The third-order valence-electron chi connectivity index (χ3n) is 3.83. The van der Waals surface area contributed by atoms with Crippen molar-refractivity contribution in [3.05, 3.63) is 58.1 Å². The monoisotopic (exact) mass is 269 g/mol. The van der Waals surface area contributed by atoms with Gasteiger partial charge in [0.25, 0.3) is 0 Å². The molecule has 0 aromatic heterocycles. The van der Waals surface area contributed by atoms with Crippen LogP contribution >= 0.6 is 0 Å². The summed E-state index contributed by atoms with van der Waals surface area (Å²) in [5, 5.41) is 3.49. The smallest absolute Gasteiger partial charge is 0.121 e. The summed E-state index contributed by atoms with van der Waals surface area (Å²) in [4.78, 5) is 0. The van der Waals surface area contributed by atoms with Crippen molar-refractivity contribution in [1.82, 2.24) is 0 Å². The summed E-state index contributed by atoms with van der Waals surface area (Å²) in [5.41, 5.74) is 7.66. The summed E-state index contributed by atoms with van der Waals surface area (Å²) in [5.74, 6) is 0.929. The highest BCUT2D eigenvalue weighted by Gasteiger charge is 2.03. The average Bonchev–Trinajstić information content (AvgIpc) is 2.41. The van der Waals surface area contributed by atoms with Gasteiger partial charge in [-0.2, -0.15) is 0 Å². The predicted octanol–water partition coefficient (Wildman–Crippen LogP) is 4.54. The zero-order chi connectivity index (χ0) is 14.7. The molecule has 0 fully saturated rings. The van der Waals surface area contributed by atoms with Gasteiger partial charge in [0.05, 0.1) is 7.11 Å². The Labute approximate surface area is 121 Å². The van der Waals surface area contributed by atoms with Crippen molar-refractivity contribution >= 4 is 5.69 Å². The van der Waals surface area contributed by atoms with E-state index in [0.717, 1.165) is 23.5 Å². The second kappa shape index (κ2) is 6.00. The van der Waals surface area contributed by atoms with Crippen LogP contribution in [0.2, 0.25) is 0 Å². The summed E-state index contributed by atoms with van der Waals surface area (Å²) in [7, 11) is 1.70. The first-order chi connectivity index (χ1) is 9.51.